The molecule has 2 rings (SSSR count). The second-order valence-electron chi connectivity index (χ2n) is 3.07. The fourth-order valence-electron chi connectivity index (χ4n) is 1.33. The lowest BCUT2D eigenvalue weighted by molar-refractivity contribution is 0.326. The molecule has 0 spiro atoms. The molecule has 80 valence electrons. The van der Waals surface area contributed by atoms with Gasteiger partial charge in [-0.1, -0.05) is 0 Å². The summed E-state index contributed by atoms with van der Waals surface area (Å²) in [7, 11) is 0. The first-order valence-corrected chi connectivity index (χ1v) is 4.93. The van der Waals surface area contributed by atoms with E-state index >= 15 is 0 Å². The Hall–Kier alpha value is -2.28. The van der Waals surface area contributed by atoms with Gasteiger partial charge < -0.3 is 9.15 Å². The van der Waals surface area contributed by atoms with E-state index in [9.17, 15) is 0 Å². The molecular formula is C12H10N2O2. The van der Waals surface area contributed by atoms with Crippen molar-refractivity contribution in [3.63, 3.8) is 0 Å². The van der Waals surface area contributed by atoms with Crippen LogP contribution < -0.4 is 4.74 Å². The van der Waals surface area contributed by atoms with Crippen LogP contribution in [0.5, 0.6) is 5.88 Å². The first kappa shape index (κ1) is 10.2. The quantitative estimate of drug-likeness (QED) is 0.787. The van der Waals surface area contributed by atoms with Gasteiger partial charge in [-0.15, -0.1) is 0 Å². The molecule has 0 radical (unpaired) electrons. The summed E-state index contributed by atoms with van der Waals surface area (Å²) in [6.07, 6.45) is 1.58. The van der Waals surface area contributed by atoms with Crippen molar-refractivity contribution in [2.75, 3.05) is 6.61 Å². The first-order chi connectivity index (χ1) is 7.85. The van der Waals surface area contributed by atoms with Crippen molar-refractivity contribution in [3.05, 3.63) is 36.1 Å². The first-order valence-electron chi connectivity index (χ1n) is 4.93. The van der Waals surface area contributed by atoms with Crippen LogP contribution in [0, 0.1) is 11.3 Å². The van der Waals surface area contributed by atoms with E-state index in [1.807, 2.05) is 19.1 Å². The van der Waals surface area contributed by atoms with Crippen molar-refractivity contribution in [3.8, 4) is 23.4 Å². The van der Waals surface area contributed by atoms with Gasteiger partial charge in [0.15, 0.2) is 5.76 Å². The Bertz CT molecular complexity index is 512. The van der Waals surface area contributed by atoms with Crippen LogP contribution in [0.15, 0.2) is 34.9 Å². The maximum absolute atomic E-state index is 8.87. The van der Waals surface area contributed by atoms with Gasteiger partial charge in [-0.3, -0.25) is 0 Å². The van der Waals surface area contributed by atoms with E-state index in [2.05, 4.69) is 4.98 Å². The number of ether oxygens (including phenoxy) is 1. The van der Waals surface area contributed by atoms with E-state index in [4.69, 9.17) is 14.4 Å². The molecule has 0 aliphatic rings. The highest BCUT2D eigenvalue weighted by atomic mass is 16.5. The topological polar surface area (TPSA) is 59.1 Å². The van der Waals surface area contributed by atoms with Crippen molar-refractivity contribution >= 4 is 0 Å². The minimum absolute atomic E-state index is 0.346. The van der Waals surface area contributed by atoms with Gasteiger partial charge in [-0.25, -0.2) is 4.98 Å². The summed E-state index contributed by atoms with van der Waals surface area (Å²) in [5, 5.41) is 8.87. The third kappa shape index (κ3) is 1.89. The molecule has 0 saturated carbocycles. The summed E-state index contributed by atoms with van der Waals surface area (Å²) in [5.41, 5.74) is 1.09. The number of hydrogen-bond donors (Lipinski definition) is 0. The summed E-state index contributed by atoms with van der Waals surface area (Å²) >= 11 is 0. The highest BCUT2D eigenvalue weighted by Gasteiger charge is 2.09. The molecule has 16 heavy (non-hydrogen) atoms. The third-order valence-electron chi connectivity index (χ3n) is 2.04. The van der Waals surface area contributed by atoms with Gasteiger partial charge in [-0.05, 0) is 31.2 Å². The minimum Gasteiger partial charge on any atom is -0.477 e. The Morgan fingerprint density at radius 2 is 2.31 bits per heavy atom. The Labute approximate surface area is 93.1 Å². The van der Waals surface area contributed by atoms with Crippen LogP contribution in [0.1, 0.15) is 12.5 Å². The SMILES string of the molecule is CCOc1nc(-c2ccco2)ccc1C#N. The molecular weight excluding hydrogens is 204 g/mol. The summed E-state index contributed by atoms with van der Waals surface area (Å²) in [6, 6.07) is 9.04. The van der Waals surface area contributed by atoms with Crippen LogP contribution in [0.25, 0.3) is 11.5 Å². The van der Waals surface area contributed by atoms with Gasteiger partial charge in [0.1, 0.15) is 17.3 Å². The number of rotatable bonds is 3. The predicted octanol–water partition coefficient (Wildman–Crippen LogP) is 2.61. The molecule has 0 amide bonds. The van der Waals surface area contributed by atoms with Crippen molar-refractivity contribution in [1.29, 1.82) is 5.26 Å². The fourth-order valence-corrected chi connectivity index (χ4v) is 1.33. The average molecular weight is 214 g/mol. The van der Waals surface area contributed by atoms with Crippen LogP contribution in [0.4, 0.5) is 0 Å². The number of nitrogens with zero attached hydrogens (tertiary/aromatic N) is 2. The summed E-state index contributed by atoms with van der Waals surface area (Å²) < 4.78 is 10.5. The van der Waals surface area contributed by atoms with Crippen molar-refractivity contribution in [1.82, 2.24) is 4.98 Å². The number of aromatic nitrogens is 1. The standard InChI is InChI=1S/C12H10N2O2/c1-2-15-12-9(8-13)5-6-10(14-12)11-4-3-7-16-11/h3-7H,2H2,1H3. The van der Waals surface area contributed by atoms with Gasteiger partial charge in [0, 0.05) is 0 Å². The van der Waals surface area contributed by atoms with E-state index in [0.717, 1.165) is 0 Å². The Kier molecular flexibility index (Phi) is 2.88. The molecule has 0 atom stereocenters. The largest absolute Gasteiger partial charge is 0.477 e. The molecule has 0 fully saturated rings. The van der Waals surface area contributed by atoms with Gasteiger partial charge in [0.05, 0.1) is 12.9 Å². The van der Waals surface area contributed by atoms with Gasteiger partial charge in [0.25, 0.3) is 0 Å². The highest BCUT2D eigenvalue weighted by molar-refractivity contribution is 5.55. The normalized spacial score (nSPS) is 9.75. The van der Waals surface area contributed by atoms with Gasteiger partial charge in [0.2, 0.25) is 5.88 Å². The summed E-state index contributed by atoms with van der Waals surface area (Å²) in [6.45, 7) is 2.33. The van der Waals surface area contributed by atoms with E-state index in [-0.39, 0.29) is 0 Å². The second kappa shape index (κ2) is 4.49. The molecule has 0 unspecified atom stereocenters. The molecule has 4 heteroatoms. The van der Waals surface area contributed by atoms with E-state index in [1.54, 1.807) is 24.5 Å². The predicted molar refractivity (Wildman–Crippen MR) is 57.8 cm³/mol. The Morgan fingerprint density at radius 1 is 1.44 bits per heavy atom. The smallest absolute Gasteiger partial charge is 0.232 e. The second-order valence-corrected chi connectivity index (χ2v) is 3.07. The van der Waals surface area contributed by atoms with E-state index in [1.165, 1.54) is 0 Å². The van der Waals surface area contributed by atoms with Crippen LogP contribution in [-0.4, -0.2) is 11.6 Å². The number of hydrogen-bond acceptors (Lipinski definition) is 4. The maximum atomic E-state index is 8.87. The fraction of sp³-hybridized carbons (Fsp3) is 0.167. The zero-order chi connectivity index (χ0) is 11.4. The van der Waals surface area contributed by atoms with Crippen molar-refractivity contribution in [2.45, 2.75) is 6.92 Å². The van der Waals surface area contributed by atoms with Gasteiger partial charge in [-0.2, -0.15) is 5.26 Å². The number of pyridine rings is 1. The van der Waals surface area contributed by atoms with Crippen molar-refractivity contribution in [2.24, 2.45) is 0 Å². The van der Waals surface area contributed by atoms with Crippen LogP contribution in [0.2, 0.25) is 0 Å². The van der Waals surface area contributed by atoms with Gasteiger partial charge >= 0.3 is 0 Å². The Balaban J connectivity index is 2.44. The Morgan fingerprint density at radius 3 is 2.94 bits per heavy atom. The molecule has 0 saturated heterocycles. The number of nitriles is 1. The molecule has 2 heterocycles. The third-order valence-corrected chi connectivity index (χ3v) is 2.04. The van der Waals surface area contributed by atoms with Crippen LogP contribution in [-0.2, 0) is 0 Å². The monoisotopic (exact) mass is 214 g/mol. The summed E-state index contributed by atoms with van der Waals surface area (Å²) in [4.78, 5) is 4.24. The minimum atomic E-state index is 0.346. The van der Waals surface area contributed by atoms with Crippen LogP contribution in [0.3, 0.4) is 0 Å². The lowest BCUT2D eigenvalue weighted by Gasteiger charge is -2.05. The lowest BCUT2D eigenvalue weighted by atomic mass is 10.2. The maximum Gasteiger partial charge on any atom is 0.232 e. The lowest BCUT2D eigenvalue weighted by Crippen LogP contribution is -1.98. The molecule has 0 aliphatic carbocycles. The molecule has 0 aliphatic heterocycles. The van der Waals surface area contributed by atoms with Crippen molar-refractivity contribution < 1.29 is 9.15 Å². The average Bonchev–Trinajstić information content (AvgIpc) is 2.83. The van der Waals surface area contributed by atoms with E-state index in [0.29, 0.717) is 29.5 Å². The highest BCUT2D eigenvalue weighted by Crippen LogP contribution is 2.23. The molecule has 0 aromatic carbocycles. The zero-order valence-corrected chi connectivity index (χ0v) is 8.80. The molecule has 0 N–H and O–H groups in total. The molecule has 2 aromatic rings. The molecule has 4 nitrogen and oxygen atoms in total. The summed E-state index contributed by atoms with van der Waals surface area (Å²) in [5.74, 6) is 1.00. The number of furan rings is 1. The molecule has 0 bridgehead atoms. The zero-order valence-electron chi connectivity index (χ0n) is 8.80. The molecule has 2 aromatic heterocycles. The van der Waals surface area contributed by atoms with E-state index < -0.39 is 0 Å². The van der Waals surface area contributed by atoms with Crippen LogP contribution >= 0.6 is 0 Å².